The van der Waals surface area contributed by atoms with Crippen molar-refractivity contribution in [1.29, 1.82) is 0 Å². The minimum absolute atomic E-state index is 0.691. The van der Waals surface area contributed by atoms with E-state index in [-0.39, 0.29) is 0 Å². The van der Waals surface area contributed by atoms with E-state index in [2.05, 4.69) is 32.3 Å². The van der Waals surface area contributed by atoms with Gasteiger partial charge in [0.05, 0.1) is 6.33 Å². The Labute approximate surface area is 108 Å². The number of imidazole rings is 1. The third kappa shape index (κ3) is 1.57. The normalized spacial score (nSPS) is 11.4. The Morgan fingerprint density at radius 3 is 2.68 bits per heavy atom. The van der Waals surface area contributed by atoms with Crippen LogP contribution in [0.2, 0.25) is 0 Å². The van der Waals surface area contributed by atoms with Gasteiger partial charge in [-0.2, -0.15) is 0 Å². The highest BCUT2D eigenvalue weighted by atomic mass is 15.3. The first-order chi connectivity index (χ1) is 9.42. The van der Waals surface area contributed by atoms with Crippen LogP contribution in [0.5, 0.6) is 0 Å². The number of hydrogen-bond acceptors (Lipinski definition) is 4. The van der Waals surface area contributed by atoms with E-state index in [1.54, 1.807) is 23.4 Å². The number of benzene rings is 1. The summed E-state index contributed by atoms with van der Waals surface area (Å²) in [6.07, 6.45) is 5.11. The number of hydrogen-bond donors (Lipinski definition) is 0. The standard InChI is InChI=1S/C13H10N6/c1-2-4-10(5-3-1)6-18-7-14-12-11(18)13-17-16-9-19(13)8-15-12/h1-5,7-9H,6H2. The third-order valence-corrected chi connectivity index (χ3v) is 3.10. The zero-order valence-electron chi connectivity index (χ0n) is 10.0. The first kappa shape index (κ1) is 10.2. The Morgan fingerprint density at radius 1 is 0.947 bits per heavy atom. The van der Waals surface area contributed by atoms with Gasteiger partial charge in [-0.3, -0.25) is 4.40 Å². The molecule has 0 saturated heterocycles. The molecule has 0 bridgehead atoms. The smallest absolute Gasteiger partial charge is 0.189 e. The largest absolute Gasteiger partial charge is 0.322 e. The van der Waals surface area contributed by atoms with Crippen LogP contribution >= 0.6 is 0 Å². The highest BCUT2D eigenvalue weighted by molar-refractivity contribution is 5.85. The minimum atomic E-state index is 0.691. The molecule has 0 aliphatic heterocycles. The monoisotopic (exact) mass is 250 g/mol. The molecule has 0 aliphatic carbocycles. The second-order valence-corrected chi connectivity index (χ2v) is 4.34. The van der Waals surface area contributed by atoms with E-state index in [1.807, 2.05) is 22.8 Å². The molecule has 92 valence electrons. The van der Waals surface area contributed by atoms with Crippen molar-refractivity contribution in [2.24, 2.45) is 0 Å². The lowest BCUT2D eigenvalue weighted by Gasteiger charge is -2.04. The molecule has 0 amide bonds. The molecule has 0 radical (unpaired) electrons. The van der Waals surface area contributed by atoms with Crippen LogP contribution in [-0.2, 0) is 6.54 Å². The van der Waals surface area contributed by atoms with Gasteiger partial charge >= 0.3 is 0 Å². The van der Waals surface area contributed by atoms with Gasteiger partial charge in [0.1, 0.15) is 18.2 Å². The Balaban J connectivity index is 1.92. The van der Waals surface area contributed by atoms with Crippen LogP contribution in [0.4, 0.5) is 0 Å². The van der Waals surface area contributed by atoms with Crippen LogP contribution < -0.4 is 0 Å². The molecule has 0 aliphatic rings. The third-order valence-electron chi connectivity index (χ3n) is 3.10. The lowest BCUT2D eigenvalue weighted by molar-refractivity contribution is 0.824. The van der Waals surface area contributed by atoms with E-state index in [4.69, 9.17) is 0 Å². The molecule has 6 heteroatoms. The molecule has 1 aromatic carbocycles. The summed E-state index contributed by atoms with van der Waals surface area (Å²) < 4.78 is 3.84. The van der Waals surface area contributed by atoms with Gasteiger partial charge in [0, 0.05) is 6.54 Å². The van der Waals surface area contributed by atoms with Gasteiger partial charge in [-0.1, -0.05) is 30.3 Å². The number of fused-ring (bicyclic) bond motifs is 3. The van der Waals surface area contributed by atoms with Gasteiger partial charge in [-0.05, 0) is 5.56 Å². The molecule has 0 N–H and O–H groups in total. The lowest BCUT2D eigenvalue weighted by atomic mass is 10.2. The first-order valence-electron chi connectivity index (χ1n) is 5.95. The number of aromatic nitrogens is 6. The molecule has 0 atom stereocenters. The Bertz CT molecular complexity index is 845. The molecule has 0 spiro atoms. The fourth-order valence-electron chi connectivity index (χ4n) is 2.21. The topological polar surface area (TPSA) is 60.9 Å². The van der Waals surface area contributed by atoms with Gasteiger partial charge in [-0.25, -0.2) is 9.97 Å². The van der Waals surface area contributed by atoms with Crippen LogP contribution in [0.3, 0.4) is 0 Å². The van der Waals surface area contributed by atoms with E-state index in [1.165, 1.54) is 5.56 Å². The van der Waals surface area contributed by atoms with E-state index < -0.39 is 0 Å². The molecule has 0 fully saturated rings. The van der Waals surface area contributed by atoms with Crippen molar-refractivity contribution in [2.45, 2.75) is 6.54 Å². The molecular weight excluding hydrogens is 240 g/mol. The predicted octanol–water partition coefficient (Wildman–Crippen LogP) is 1.52. The van der Waals surface area contributed by atoms with Crippen LogP contribution in [-0.4, -0.2) is 29.1 Å². The van der Waals surface area contributed by atoms with Gasteiger partial charge in [0.25, 0.3) is 0 Å². The molecule has 3 aromatic heterocycles. The molecule has 4 aromatic rings. The summed E-state index contributed by atoms with van der Waals surface area (Å²) in [6, 6.07) is 10.2. The molecule has 0 saturated carbocycles. The molecule has 0 unspecified atom stereocenters. The Morgan fingerprint density at radius 2 is 1.79 bits per heavy atom. The fourth-order valence-corrected chi connectivity index (χ4v) is 2.21. The highest BCUT2D eigenvalue weighted by Crippen LogP contribution is 2.16. The van der Waals surface area contributed by atoms with E-state index >= 15 is 0 Å². The van der Waals surface area contributed by atoms with Crippen molar-refractivity contribution in [2.75, 3.05) is 0 Å². The van der Waals surface area contributed by atoms with Crippen LogP contribution in [0.15, 0.2) is 49.3 Å². The maximum absolute atomic E-state index is 4.32. The lowest BCUT2D eigenvalue weighted by Crippen LogP contribution is -1.99. The van der Waals surface area contributed by atoms with Crippen molar-refractivity contribution in [3.05, 3.63) is 54.9 Å². The maximum atomic E-state index is 4.32. The zero-order chi connectivity index (χ0) is 12.7. The molecule has 6 nitrogen and oxygen atoms in total. The number of nitrogens with zero attached hydrogens (tertiary/aromatic N) is 6. The van der Waals surface area contributed by atoms with Gasteiger partial charge < -0.3 is 4.57 Å². The Kier molecular flexibility index (Phi) is 2.08. The summed E-state index contributed by atoms with van der Waals surface area (Å²) in [5.74, 6) is 0. The summed E-state index contributed by atoms with van der Waals surface area (Å²) in [5, 5.41) is 8.04. The molecular formula is C13H10N6. The second kappa shape index (κ2) is 3.88. The zero-order valence-corrected chi connectivity index (χ0v) is 10.0. The van der Waals surface area contributed by atoms with E-state index in [0.29, 0.717) is 5.65 Å². The number of rotatable bonds is 2. The van der Waals surface area contributed by atoms with Crippen LogP contribution in [0, 0.1) is 0 Å². The fraction of sp³-hybridized carbons (Fsp3) is 0.0769. The molecule has 4 rings (SSSR count). The summed E-state index contributed by atoms with van der Waals surface area (Å²) in [5.41, 5.74) is 3.59. The summed E-state index contributed by atoms with van der Waals surface area (Å²) in [7, 11) is 0. The minimum Gasteiger partial charge on any atom is -0.322 e. The van der Waals surface area contributed by atoms with Crippen LogP contribution in [0.25, 0.3) is 16.8 Å². The van der Waals surface area contributed by atoms with Gasteiger partial charge in [0.2, 0.25) is 0 Å². The maximum Gasteiger partial charge on any atom is 0.189 e. The van der Waals surface area contributed by atoms with Crippen molar-refractivity contribution < 1.29 is 0 Å². The van der Waals surface area contributed by atoms with E-state index in [9.17, 15) is 0 Å². The van der Waals surface area contributed by atoms with E-state index in [0.717, 1.165) is 17.7 Å². The highest BCUT2D eigenvalue weighted by Gasteiger charge is 2.10. The van der Waals surface area contributed by atoms with Crippen molar-refractivity contribution in [3.63, 3.8) is 0 Å². The van der Waals surface area contributed by atoms with Gasteiger partial charge in [-0.15, -0.1) is 10.2 Å². The average molecular weight is 250 g/mol. The summed E-state index contributed by atoms with van der Waals surface area (Å²) in [4.78, 5) is 8.61. The van der Waals surface area contributed by atoms with Gasteiger partial charge in [0.15, 0.2) is 11.3 Å². The summed E-state index contributed by atoms with van der Waals surface area (Å²) >= 11 is 0. The van der Waals surface area contributed by atoms with Crippen LogP contribution in [0.1, 0.15) is 5.56 Å². The van der Waals surface area contributed by atoms with Crippen molar-refractivity contribution in [1.82, 2.24) is 29.1 Å². The summed E-state index contributed by atoms with van der Waals surface area (Å²) in [6.45, 7) is 0.742. The van der Waals surface area contributed by atoms with Crippen molar-refractivity contribution >= 4 is 16.8 Å². The molecule has 3 heterocycles. The second-order valence-electron chi connectivity index (χ2n) is 4.34. The average Bonchev–Trinajstić information content (AvgIpc) is 3.06. The predicted molar refractivity (Wildman–Crippen MR) is 69.6 cm³/mol. The first-order valence-corrected chi connectivity index (χ1v) is 5.95. The Hall–Kier alpha value is -2.76. The quantitative estimate of drug-likeness (QED) is 0.541. The SMILES string of the molecule is c1ccc(Cn2cnc3ncn4cnnc4c32)cc1. The van der Waals surface area contributed by atoms with Crippen molar-refractivity contribution in [3.8, 4) is 0 Å². The molecule has 19 heavy (non-hydrogen) atoms.